The fourth-order valence-electron chi connectivity index (χ4n) is 6.13. The topological polar surface area (TPSA) is 239 Å². The Hall–Kier alpha value is -4.20. The highest BCUT2D eigenvalue weighted by molar-refractivity contribution is 7.99. The molecule has 0 saturated carbocycles. The van der Waals surface area contributed by atoms with Crippen LogP contribution in [0.25, 0.3) is 0 Å². The smallest absolute Gasteiger partial charge is 0.330 e. The number of carbonyl (C=O) groups excluding carboxylic acids is 5. The summed E-state index contributed by atoms with van der Waals surface area (Å²) in [4.78, 5) is 95.0. The molecule has 2 aromatic heterocycles. The molecule has 2 aliphatic heterocycles. The van der Waals surface area contributed by atoms with Crippen molar-refractivity contribution in [3.05, 3.63) is 51.4 Å². The lowest BCUT2D eigenvalue weighted by molar-refractivity contribution is -0.237. The van der Waals surface area contributed by atoms with Crippen LogP contribution in [0.5, 0.6) is 0 Å². The highest BCUT2D eigenvalue weighted by atomic mass is 32.2. The number of ether oxygens (including phenoxy) is 6. The molecule has 0 bridgehead atoms. The molecule has 22 heteroatoms. The van der Waals surface area contributed by atoms with Crippen molar-refractivity contribution in [1.29, 1.82) is 0 Å². The molecular weight excluding hydrogens is 865 g/mol. The van der Waals surface area contributed by atoms with Crippen LogP contribution in [0.1, 0.15) is 75.5 Å². The number of thioether (sulfide) groups is 1. The van der Waals surface area contributed by atoms with Crippen LogP contribution in [-0.2, 0) is 61.2 Å². The number of pyridine rings is 1. The van der Waals surface area contributed by atoms with Gasteiger partial charge in [-0.15, -0.1) is 0 Å². The summed E-state index contributed by atoms with van der Waals surface area (Å²) in [6.07, 6.45) is -6.85. The van der Waals surface area contributed by atoms with E-state index < -0.39 is 119 Å². The Kier molecular flexibility index (Phi) is 16.0. The van der Waals surface area contributed by atoms with E-state index in [9.17, 15) is 33.6 Å². The Morgan fingerprint density at radius 1 is 0.758 bits per heavy atom. The van der Waals surface area contributed by atoms with Gasteiger partial charge in [-0.25, -0.2) is 9.78 Å². The predicted molar refractivity (Wildman–Crippen MR) is 230 cm³/mol. The summed E-state index contributed by atoms with van der Waals surface area (Å²) in [5.41, 5.74) is -2.22. The molecule has 62 heavy (non-hydrogen) atoms. The molecule has 0 aliphatic carbocycles. The Labute approximate surface area is 366 Å². The largest absolute Gasteiger partial charge is 0.463 e. The van der Waals surface area contributed by atoms with Gasteiger partial charge < -0.3 is 42.6 Å². The van der Waals surface area contributed by atoms with Crippen molar-refractivity contribution >= 4 is 63.9 Å². The Morgan fingerprint density at radius 2 is 1.31 bits per heavy atom. The first-order chi connectivity index (χ1) is 28.5. The molecule has 9 atom stereocenters. The van der Waals surface area contributed by atoms with E-state index in [2.05, 4.69) is 56.8 Å². The van der Waals surface area contributed by atoms with Gasteiger partial charge in [-0.1, -0.05) is 53.3 Å². The number of hydrogen-bond acceptors (Lipinski definition) is 17. The Morgan fingerprint density at radius 3 is 1.81 bits per heavy atom. The van der Waals surface area contributed by atoms with Gasteiger partial charge in [0.15, 0.2) is 52.7 Å². The molecule has 344 valence electrons. The molecule has 2 saturated heterocycles. The van der Waals surface area contributed by atoms with Gasteiger partial charge in [-0.2, -0.15) is 0 Å². The third kappa shape index (κ3) is 12.5. The van der Waals surface area contributed by atoms with E-state index in [1.165, 1.54) is 30.0 Å². The molecule has 0 radical (unpaired) electrons. The summed E-state index contributed by atoms with van der Waals surface area (Å²) in [6.45, 7) is 24.7. The summed E-state index contributed by atoms with van der Waals surface area (Å²) >= 11 is 0.968. The van der Waals surface area contributed by atoms with Crippen molar-refractivity contribution in [2.75, 3.05) is 11.9 Å². The minimum absolute atomic E-state index is 0.252. The predicted octanol–water partition coefficient (Wildman–Crippen LogP) is 4.42. The van der Waals surface area contributed by atoms with E-state index in [0.717, 1.165) is 32.5 Å². The number of anilines is 1. The number of amides is 1. The first kappa shape index (κ1) is 50.4. The average molecular weight is 925 g/mol. The average Bonchev–Trinajstić information content (AvgIpc) is 3.45. The van der Waals surface area contributed by atoms with E-state index >= 15 is 0 Å². The van der Waals surface area contributed by atoms with E-state index in [0.29, 0.717) is 5.03 Å². The van der Waals surface area contributed by atoms with Gasteiger partial charge in [0.05, 0.1) is 16.9 Å². The highest BCUT2D eigenvalue weighted by Gasteiger charge is 2.57. The summed E-state index contributed by atoms with van der Waals surface area (Å²) in [5, 5.41) is 2.59. The molecule has 2 N–H and O–H groups in total. The van der Waals surface area contributed by atoms with Crippen molar-refractivity contribution < 1.29 is 61.2 Å². The molecule has 4 rings (SSSR count). The second kappa shape index (κ2) is 19.7. The first-order valence-corrected chi connectivity index (χ1v) is 26.8. The lowest BCUT2D eigenvalue weighted by Gasteiger charge is -2.44. The second-order valence-corrected chi connectivity index (χ2v) is 28.8. The van der Waals surface area contributed by atoms with Gasteiger partial charge in [0.2, 0.25) is 0 Å². The van der Waals surface area contributed by atoms with Gasteiger partial charge in [0.25, 0.3) is 11.5 Å². The molecule has 19 nitrogen and oxygen atoms in total. The van der Waals surface area contributed by atoms with E-state index in [1.54, 1.807) is 12.1 Å². The molecule has 0 spiro atoms. The number of carbonyl (C=O) groups is 5. The van der Waals surface area contributed by atoms with Crippen LogP contribution >= 0.6 is 11.8 Å². The number of esters is 4. The van der Waals surface area contributed by atoms with Crippen LogP contribution in [0.15, 0.2) is 45.2 Å². The number of aromatic nitrogens is 3. The standard InChI is InChI=1S/C40H60N4O15SSi2/c1-21(45)52-20-26-29(53-22(2)46)30(54-23(3)47)34(55-24(4)48)37(56-26)60-28-16-15-25(19-41-28)42-35(50)32-31(58-61(11,12)39(5,6)7)33(59-62(13,14)40(8,9)10)36(57-32)44-18-17-27(49)43-38(44)51/h15-19,26,29-34,36-37H,20H2,1-14H3,(H,42,50)(H,43,49,51)/t26-,29-,30+,31-,32+,33-,34-,36-,37+/m1/s1. The molecule has 0 unspecified atom stereocenters. The lowest BCUT2D eigenvalue weighted by atomic mass is 9.99. The molecule has 4 heterocycles. The zero-order valence-corrected chi connectivity index (χ0v) is 40.5. The van der Waals surface area contributed by atoms with Crippen LogP contribution in [0, 0.1) is 0 Å². The number of nitrogens with one attached hydrogen (secondary N) is 2. The minimum Gasteiger partial charge on any atom is -0.463 e. The number of rotatable bonds is 14. The van der Waals surface area contributed by atoms with Crippen molar-refractivity contribution in [2.45, 2.75) is 165 Å². The van der Waals surface area contributed by atoms with Gasteiger partial charge >= 0.3 is 29.6 Å². The third-order valence-electron chi connectivity index (χ3n) is 11.2. The summed E-state index contributed by atoms with van der Waals surface area (Å²) in [6, 6.07) is 4.31. The third-order valence-corrected chi connectivity index (χ3v) is 21.3. The monoisotopic (exact) mass is 924 g/mol. The minimum atomic E-state index is -2.66. The number of H-pyrrole nitrogens is 1. The highest BCUT2D eigenvalue weighted by Crippen LogP contribution is 2.46. The number of hydrogen-bond donors (Lipinski definition) is 2. The Balaban J connectivity index is 1.69. The summed E-state index contributed by atoms with van der Waals surface area (Å²) < 4.78 is 49.5. The van der Waals surface area contributed by atoms with Crippen LogP contribution < -0.4 is 16.6 Å². The fraction of sp³-hybridized carbons (Fsp3) is 0.650. The van der Waals surface area contributed by atoms with Crippen LogP contribution in [0.3, 0.4) is 0 Å². The molecule has 2 aliphatic rings. The Bertz CT molecular complexity index is 2080. The van der Waals surface area contributed by atoms with E-state index in [-0.39, 0.29) is 15.8 Å². The first-order valence-electron chi connectivity index (χ1n) is 20.1. The maximum atomic E-state index is 14.4. The fourth-order valence-corrected chi connectivity index (χ4v) is 9.75. The van der Waals surface area contributed by atoms with Crippen molar-refractivity contribution in [1.82, 2.24) is 14.5 Å². The normalized spacial score (nSPS) is 25.7. The van der Waals surface area contributed by atoms with Crippen molar-refractivity contribution in [2.24, 2.45) is 0 Å². The molecule has 2 aromatic rings. The molecule has 1 amide bonds. The van der Waals surface area contributed by atoms with Crippen LogP contribution in [0.4, 0.5) is 5.69 Å². The SMILES string of the molecule is CC(=O)OC[C@H]1O[C@@H](Sc2ccc(NC(=O)[C@H]3O[C@@H](n4ccc(=O)[nH]c4=O)[C@H](O[Si](C)(C)C(C)(C)C)[C@@H]3O[Si](C)(C)C(C)(C)C)cn2)[C@H](OC(C)=O)[C@@H](OC(C)=O)[C@@H]1OC(C)=O. The van der Waals surface area contributed by atoms with Gasteiger partial charge in [-0.3, -0.25) is 38.3 Å². The summed E-state index contributed by atoms with van der Waals surface area (Å²) in [5.74, 6) is -3.53. The molecular formula is C40H60N4O15SSi2. The van der Waals surface area contributed by atoms with Crippen molar-refractivity contribution in [3.63, 3.8) is 0 Å². The summed E-state index contributed by atoms with van der Waals surface area (Å²) in [7, 11) is -5.29. The van der Waals surface area contributed by atoms with E-state index in [1.807, 2.05) is 26.2 Å². The van der Waals surface area contributed by atoms with E-state index in [4.69, 9.17) is 37.3 Å². The van der Waals surface area contributed by atoms with Crippen LogP contribution in [-0.4, -0.2) is 116 Å². The van der Waals surface area contributed by atoms with Crippen molar-refractivity contribution in [3.8, 4) is 0 Å². The van der Waals surface area contributed by atoms with Gasteiger partial charge in [0, 0.05) is 40.0 Å². The maximum absolute atomic E-state index is 14.4. The molecule has 0 aromatic carbocycles. The molecule has 2 fully saturated rings. The number of nitrogens with zero attached hydrogens (tertiary/aromatic N) is 2. The quantitative estimate of drug-likeness (QED) is 0.151. The van der Waals surface area contributed by atoms with Gasteiger partial charge in [-0.05, 0) is 48.4 Å². The maximum Gasteiger partial charge on any atom is 0.330 e. The van der Waals surface area contributed by atoms with Gasteiger partial charge in [0.1, 0.15) is 24.9 Å². The lowest BCUT2D eigenvalue weighted by Crippen LogP contribution is -2.61. The zero-order chi connectivity index (χ0) is 46.7. The zero-order valence-electron chi connectivity index (χ0n) is 37.7. The van der Waals surface area contributed by atoms with Crippen LogP contribution in [0.2, 0.25) is 36.3 Å². The number of aromatic amines is 1. The second-order valence-electron chi connectivity index (χ2n) is 18.2.